The molecule has 0 aromatic carbocycles. The van der Waals surface area contributed by atoms with Gasteiger partial charge in [0.2, 0.25) is 0 Å². The Kier molecular flexibility index (Phi) is 2.95. The normalized spacial score (nSPS) is 10.6. The van der Waals surface area contributed by atoms with E-state index in [1.807, 2.05) is 6.92 Å². The van der Waals surface area contributed by atoms with Gasteiger partial charge in [-0.2, -0.15) is 0 Å². The summed E-state index contributed by atoms with van der Waals surface area (Å²) in [4.78, 5) is 15.9. The molecule has 2 rings (SSSR count). The standard InChI is InChI=1S/C9H10N4O2S/c1-2-7-8(9(14)15)11-12-13(7)4-6-3-10-5-16-6/h3,5H,2,4H2,1H3,(H,14,15). The van der Waals surface area contributed by atoms with E-state index < -0.39 is 5.97 Å². The number of rotatable bonds is 4. The zero-order chi connectivity index (χ0) is 11.5. The molecule has 84 valence electrons. The molecule has 16 heavy (non-hydrogen) atoms. The van der Waals surface area contributed by atoms with Crippen molar-refractivity contribution in [3.63, 3.8) is 0 Å². The van der Waals surface area contributed by atoms with Gasteiger partial charge in [-0.25, -0.2) is 9.48 Å². The summed E-state index contributed by atoms with van der Waals surface area (Å²) in [6.07, 6.45) is 2.33. The van der Waals surface area contributed by atoms with E-state index in [-0.39, 0.29) is 5.69 Å². The second kappa shape index (κ2) is 4.40. The van der Waals surface area contributed by atoms with E-state index in [1.165, 1.54) is 11.3 Å². The van der Waals surface area contributed by atoms with E-state index in [0.717, 1.165) is 4.88 Å². The topological polar surface area (TPSA) is 80.9 Å². The Labute approximate surface area is 95.6 Å². The van der Waals surface area contributed by atoms with Crippen LogP contribution in [0.2, 0.25) is 0 Å². The third kappa shape index (κ3) is 1.94. The molecule has 2 heterocycles. The minimum Gasteiger partial charge on any atom is -0.476 e. The van der Waals surface area contributed by atoms with Crippen LogP contribution in [0, 0.1) is 0 Å². The van der Waals surface area contributed by atoms with Crippen molar-refractivity contribution in [2.75, 3.05) is 0 Å². The first-order chi connectivity index (χ1) is 7.72. The molecule has 0 fully saturated rings. The largest absolute Gasteiger partial charge is 0.476 e. The van der Waals surface area contributed by atoms with Crippen LogP contribution in [0.5, 0.6) is 0 Å². The summed E-state index contributed by atoms with van der Waals surface area (Å²) in [5, 5.41) is 16.4. The SMILES string of the molecule is CCc1c(C(=O)O)nnn1Cc1cncs1. The highest BCUT2D eigenvalue weighted by molar-refractivity contribution is 7.09. The Bertz CT molecular complexity index is 492. The molecule has 0 aliphatic heterocycles. The summed E-state index contributed by atoms with van der Waals surface area (Å²) in [5.41, 5.74) is 2.41. The second-order valence-electron chi connectivity index (χ2n) is 3.17. The van der Waals surface area contributed by atoms with E-state index >= 15 is 0 Å². The highest BCUT2D eigenvalue weighted by Crippen LogP contribution is 2.12. The fourth-order valence-electron chi connectivity index (χ4n) is 1.44. The zero-order valence-electron chi connectivity index (χ0n) is 8.62. The van der Waals surface area contributed by atoms with Crippen LogP contribution in [0.4, 0.5) is 0 Å². The summed E-state index contributed by atoms with van der Waals surface area (Å²) in [7, 11) is 0. The Balaban J connectivity index is 2.31. The van der Waals surface area contributed by atoms with Crippen molar-refractivity contribution in [2.24, 2.45) is 0 Å². The van der Waals surface area contributed by atoms with Crippen molar-refractivity contribution in [1.29, 1.82) is 0 Å². The average molecular weight is 238 g/mol. The van der Waals surface area contributed by atoms with E-state index in [9.17, 15) is 4.79 Å². The lowest BCUT2D eigenvalue weighted by atomic mass is 10.2. The second-order valence-corrected chi connectivity index (χ2v) is 4.14. The predicted molar refractivity (Wildman–Crippen MR) is 57.6 cm³/mol. The Morgan fingerprint density at radius 3 is 3.00 bits per heavy atom. The van der Waals surface area contributed by atoms with Crippen molar-refractivity contribution in [3.05, 3.63) is 28.0 Å². The average Bonchev–Trinajstić information content (AvgIpc) is 2.87. The van der Waals surface area contributed by atoms with E-state index in [2.05, 4.69) is 15.3 Å². The molecule has 0 aliphatic rings. The van der Waals surface area contributed by atoms with Crippen molar-refractivity contribution >= 4 is 17.3 Å². The Hall–Kier alpha value is -1.76. The summed E-state index contributed by atoms with van der Waals surface area (Å²) in [6, 6.07) is 0. The quantitative estimate of drug-likeness (QED) is 0.860. The molecule has 0 bridgehead atoms. The molecule has 0 spiro atoms. The fourth-order valence-corrected chi connectivity index (χ4v) is 2.02. The van der Waals surface area contributed by atoms with Crippen molar-refractivity contribution in [2.45, 2.75) is 19.9 Å². The molecule has 0 unspecified atom stereocenters. The van der Waals surface area contributed by atoms with Crippen LogP contribution >= 0.6 is 11.3 Å². The molecule has 0 amide bonds. The molecular formula is C9H10N4O2S. The Morgan fingerprint density at radius 2 is 2.44 bits per heavy atom. The number of carbonyl (C=O) groups is 1. The van der Waals surface area contributed by atoms with E-state index in [1.54, 1.807) is 16.4 Å². The van der Waals surface area contributed by atoms with Crippen molar-refractivity contribution < 1.29 is 9.90 Å². The van der Waals surface area contributed by atoms with Gasteiger partial charge in [-0.3, -0.25) is 4.98 Å². The van der Waals surface area contributed by atoms with Gasteiger partial charge in [-0.05, 0) is 6.42 Å². The first kappa shape index (κ1) is 10.7. The van der Waals surface area contributed by atoms with Crippen LogP contribution in [0.1, 0.15) is 28.0 Å². The molecule has 7 heteroatoms. The third-order valence-corrected chi connectivity index (χ3v) is 2.93. The molecule has 1 N–H and O–H groups in total. The van der Waals surface area contributed by atoms with Crippen molar-refractivity contribution in [3.8, 4) is 0 Å². The van der Waals surface area contributed by atoms with E-state index in [0.29, 0.717) is 18.7 Å². The van der Waals surface area contributed by atoms with Gasteiger partial charge >= 0.3 is 5.97 Å². The van der Waals surface area contributed by atoms with Crippen LogP contribution in [0.15, 0.2) is 11.7 Å². The van der Waals surface area contributed by atoms with Gasteiger partial charge in [-0.1, -0.05) is 12.1 Å². The van der Waals surface area contributed by atoms with Gasteiger partial charge in [0.25, 0.3) is 0 Å². The lowest BCUT2D eigenvalue weighted by Gasteiger charge is -2.02. The van der Waals surface area contributed by atoms with Gasteiger partial charge in [0.1, 0.15) is 0 Å². The number of aromatic carboxylic acids is 1. The number of hydrogen-bond donors (Lipinski definition) is 1. The summed E-state index contributed by atoms with van der Waals surface area (Å²) in [6.45, 7) is 2.41. The molecule has 2 aromatic rings. The number of carboxylic acid groups (broad SMARTS) is 1. The molecule has 2 aromatic heterocycles. The first-order valence-electron chi connectivity index (χ1n) is 4.75. The minimum atomic E-state index is -1.03. The predicted octanol–water partition coefficient (Wildman–Crippen LogP) is 1.04. The van der Waals surface area contributed by atoms with Crippen LogP contribution in [0.3, 0.4) is 0 Å². The summed E-state index contributed by atoms with van der Waals surface area (Å²) in [5.74, 6) is -1.03. The highest BCUT2D eigenvalue weighted by atomic mass is 32.1. The smallest absolute Gasteiger partial charge is 0.358 e. The van der Waals surface area contributed by atoms with Gasteiger partial charge < -0.3 is 5.11 Å². The molecule has 0 aliphatic carbocycles. The van der Waals surface area contributed by atoms with Crippen LogP contribution in [-0.2, 0) is 13.0 Å². The van der Waals surface area contributed by atoms with Crippen LogP contribution < -0.4 is 0 Å². The minimum absolute atomic E-state index is 0.0343. The fraction of sp³-hybridized carbons (Fsp3) is 0.333. The van der Waals surface area contributed by atoms with Gasteiger partial charge in [0, 0.05) is 11.1 Å². The first-order valence-corrected chi connectivity index (χ1v) is 5.63. The molecule has 0 atom stereocenters. The molecule has 6 nitrogen and oxygen atoms in total. The number of aromatic nitrogens is 4. The number of hydrogen-bond acceptors (Lipinski definition) is 5. The lowest BCUT2D eigenvalue weighted by molar-refractivity contribution is 0.0689. The third-order valence-electron chi connectivity index (χ3n) is 2.16. The molecule has 0 radical (unpaired) electrons. The van der Waals surface area contributed by atoms with Gasteiger partial charge in [-0.15, -0.1) is 16.4 Å². The number of thiazole rings is 1. The van der Waals surface area contributed by atoms with Crippen LogP contribution in [0.25, 0.3) is 0 Å². The molecule has 0 saturated heterocycles. The van der Waals surface area contributed by atoms with Crippen LogP contribution in [-0.4, -0.2) is 31.1 Å². The van der Waals surface area contributed by atoms with Gasteiger partial charge in [0.15, 0.2) is 5.69 Å². The lowest BCUT2D eigenvalue weighted by Crippen LogP contribution is -2.07. The number of carboxylic acids is 1. The maximum Gasteiger partial charge on any atom is 0.358 e. The number of nitrogens with zero attached hydrogens (tertiary/aromatic N) is 4. The molecular weight excluding hydrogens is 228 g/mol. The van der Waals surface area contributed by atoms with Crippen molar-refractivity contribution in [1.82, 2.24) is 20.0 Å². The summed E-state index contributed by atoms with van der Waals surface area (Å²) >= 11 is 1.51. The maximum atomic E-state index is 10.9. The monoisotopic (exact) mass is 238 g/mol. The van der Waals surface area contributed by atoms with Gasteiger partial charge in [0.05, 0.1) is 17.7 Å². The molecule has 0 saturated carbocycles. The Morgan fingerprint density at radius 1 is 1.62 bits per heavy atom. The maximum absolute atomic E-state index is 10.9. The zero-order valence-corrected chi connectivity index (χ0v) is 9.44. The highest BCUT2D eigenvalue weighted by Gasteiger charge is 2.17. The van der Waals surface area contributed by atoms with E-state index in [4.69, 9.17) is 5.11 Å². The summed E-state index contributed by atoms with van der Waals surface area (Å²) < 4.78 is 1.61.